The smallest absolute Gasteiger partial charge is 0.258 e. The Kier molecular flexibility index (Phi) is 4.90. The quantitative estimate of drug-likeness (QED) is 0.669. The van der Waals surface area contributed by atoms with Gasteiger partial charge in [-0.3, -0.25) is 4.79 Å². The van der Waals surface area contributed by atoms with Gasteiger partial charge in [0.15, 0.2) is 0 Å². The van der Waals surface area contributed by atoms with Crippen LogP contribution < -0.4 is 4.90 Å². The topological polar surface area (TPSA) is 73.5 Å². The van der Waals surface area contributed by atoms with E-state index in [0.717, 1.165) is 52.7 Å². The number of benzene rings is 2. The standard InChI is InChI=1S/C24H27N3O3S/c1-16-17(2)25-22-8-6-19(15-21(16)22)24(28)27-13-10-18-14-20(7-9-23(18)27)31(29,30)26-11-4-3-5-12-26/h6-9,14-15,25H,3-5,10-13H2,1-2H3. The molecule has 1 N–H and O–H groups in total. The molecule has 0 unspecified atom stereocenters. The second kappa shape index (κ2) is 7.50. The average Bonchev–Trinajstić information content (AvgIpc) is 3.34. The Balaban J connectivity index is 1.44. The fraction of sp³-hybridized carbons (Fsp3) is 0.375. The first-order chi connectivity index (χ1) is 14.9. The molecule has 7 heteroatoms. The number of anilines is 1. The van der Waals surface area contributed by atoms with Crippen molar-refractivity contribution < 1.29 is 13.2 Å². The lowest BCUT2D eigenvalue weighted by Crippen LogP contribution is -2.35. The van der Waals surface area contributed by atoms with Gasteiger partial charge in [0.2, 0.25) is 10.0 Å². The molecule has 0 atom stereocenters. The molecule has 3 heterocycles. The summed E-state index contributed by atoms with van der Waals surface area (Å²) in [6.45, 7) is 5.82. The molecule has 1 amide bonds. The molecule has 2 aliphatic heterocycles. The van der Waals surface area contributed by atoms with Crippen molar-refractivity contribution in [1.82, 2.24) is 9.29 Å². The first-order valence-electron chi connectivity index (χ1n) is 10.9. The zero-order valence-electron chi connectivity index (χ0n) is 17.9. The lowest BCUT2D eigenvalue weighted by molar-refractivity contribution is 0.0989. The second-order valence-corrected chi connectivity index (χ2v) is 10.5. The number of sulfonamides is 1. The van der Waals surface area contributed by atoms with Crippen LogP contribution >= 0.6 is 0 Å². The van der Waals surface area contributed by atoms with Gasteiger partial charge in [-0.25, -0.2) is 8.42 Å². The van der Waals surface area contributed by atoms with Crippen molar-refractivity contribution in [3.8, 4) is 0 Å². The van der Waals surface area contributed by atoms with E-state index in [1.165, 1.54) is 0 Å². The molecule has 31 heavy (non-hydrogen) atoms. The first-order valence-corrected chi connectivity index (χ1v) is 12.3. The highest BCUT2D eigenvalue weighted by Crippen LogP contribution is 2.33. The number of rotatable bonds is 3. The summed E-state index contributed by atoms with van der Waals surface area (Å²) in [4.78, 5) is 18.7. The maximum Gasteiger partial charge on any atom is 0.258 e. The van der Waals surface area contributed by atoms with Gasteiger partial charge in [-0.1, -0.05) is 6.42 Å². The van der Waals surface area contributed by atoms with Gasteiger partial charge in [0, 0.05) is 47.5 Å². The van der Waals surface area contributed by atoms with Crippen LogP contribution in [0.1, 0.15) is 46.4 Å². The van der Waals surface area contributed by atoms with Crippen LogP contribution in [0.15, 0.2) is 41.3 Å². The number of hydrogen-bond donors (Lipinski definition) is 1. The number of carbonyl (C=O) groups excluding carboxylic acids is 1. The van der Waals surface area contributed by atoms with Crippen LogP contribution in [-0.2, 0) is 16.4 Å². The fourth-order valence-electron chi connectivity index (χ4n) is 4.75. The molecule has 1 saturated heterocycles. The SMILES string of the molecule is Cc1[nH]c2ccc(C(=O)N3CCc4cc(S(=O)(=O)N5CCCCC5)ccc43)cc2c1C. The van der Waals surface area contributed by atoms with Crippen LogP contribution in [0.3, 0.4) is 0 Å². The summed E-state index contributed by atoms with van der Waals surface area (Å²) in [5, 5.41) is 1.06. The van der Waals surface area contributed by atoms with Gasteiger partial charge in [0.1, 0.15) is 0 Å². The van der Waals surface area contributed by atoms with Gasteiger partial charge in [0.25, 0.3) is 5.91 Å². The third-order valence-corrected chi connectivity index (χ3v) is 8.59. The van der Waals surface area contributed by atoms with E-state index >= 15 is 0 Å². The van der Waals surface area contributed by atoms with Crippen molar-refractivity contribution >= 4 is 32.5 Å². The third-order valence-electron chi connectivity index (χ3n) is 6.70. The van der Waals surface area contributed by atoms with Crippen molar-refractivity contribution in [2.75, 3.05) is 24.5 Å². The van der Waals surface area contributed by atoms with Crippen molar-refractivity contribution in [2.24, 2.45) is 0 Å². The summed E-state index contributed by atoms with van der Waals surface area (Å²) >= 11 is 0. The Morgan fingerprint density at radius 2 is 1.74 bits per heavy atom. The summed E-state index contributed by atoms with van der Waals surface area (Å²) in [7, 11) is -3.47. The van der Waals surface area contributed by atoms with Gasteiger partial charge in [-0.15, -0.1) is 0 Å². The van der Waals surface area contributed by atoms with E-state index in [0.29, 0.717) is 36.5 Å². The minimum Gasteiger partial charge on any atom is -0.358 e. The summed E-state index contributed by atoms with van der Waals surface area (Å²) in [6, 6.07) is 11.0. The minimum atomic E-state index is -3.47. The number of aromatic nitrogens is 1. The molecule has 1 fully saturated rings. The molecule has 0 spiro atoms. The van der Waals surface area contributed by atoms with Gasteiger partial charge in [0.05, 0.1) is 4.90 Å². The van der Waals surface area contributed by atoms with Gasteiger partial charge in [-0.2, -0.15) is 4.31 Å². The molecule has 1 aromatic heterocycles. The maximum atomic E-state index is 13.3. The lowest BCUT2D eigenvalue weighted by atomic mass is 10.1. The van der Waals surface area contributed by atoms with E-state index in [9.17, 15) is 13.2 Å². The number of amides is 1. The third kappa shape index (κ3) is 3.36. The van der Waals surface area contributed by atoms with Gasteiger partial charge in [-0.05, 0) is 80.6 Å². The zero-order valence-corrected chi connectivity index (χ0v) is 18.8. The van der Waals surface area contributed by atoms with E-state index < -0.39 is 10.0 Å². The Morgan fingerprint density at radius 3 is 2.52 bits per heavy atom. The molecular formula is C24H27N3O3S. The molecule has 6 nitrogen and oxygen atoms in total. The number of hydrogen-bond acceptors (Lipinski definition) is 3. The van der Waals surface area contributed by atoms with Crippen LogP contribution in [-0.4, -0.2) is 43.2 Å². The van der Waals surface area contributed by atoms with Crippen molar-refractivity contribution in [2.45, 2.75) is 44.4 Å². The number of aromatic amines is 1. The summed E-state index contributed by atoms with van der Waals surface area (Å²) in [5.74, 6) is -0.0504. The average molecular weight is 438 g/mol. The van der Waals surface area contributed by atoms with Gasteiger partial charge >= 0.3 is 0 Å². The van der Waals surface area contributed by atoms with E-state index in [1.54, 1.807) is 27.4 Å². The van der Waals surface area contributed by atoms with Crippen LogP contribution in [0.4, 0.5) is 5.69 Å². The van der Waals surface area contributed by atoms with Crippen LogP contribution in [0.5, 0.6) is 0 Å². The predicted octanol–water partition coefficient (Wildman–Crippen LogP) is 4.16. The van der Waals surface area contributed by atoms with Crippen molar-refractivity contribution in [1.29, 1.82) is 0 Å². The molecule has 2 aliphatic rings. The predicted molar refractivity (Wildman–Crippen MR) is 122 cm³/mol. The highest BCUT2D eigenvalue weighted by Gasteiger charge is 2.30. The molecule has 0 bridgehead atoms. The number of nitrogens with one attached hydrogen (secondary N) is 1. The number of nitrogens with zero attached hydrogens (tertiary/aromatic N) is 2. The van der Waals surface area contributed by atoms with E-state index in [2.05, 4.69) is 11.9 Å². The molecule has 0 radical (unpaired) electrons. The second-order valence-electron chi connectivity index (χ2n) is 8.60. The van der Waals surface area contributed by atoms with E-state index in [-0.39, 0.29) is 5.91 Å². The zero-order chi connectivity index (χ0) is 21.8. The Bertz CT molecular complexity index is 1290. The summed E-state index contributed by atoms with van der Waals surface area (Å²) in [5.41, 5.74) is 5.66. The van der Waals surface area contributed by atoms with E-state index in [1.807, 2.05) is 25.1 Å². The summed E-state index contributed by atoms with van der Waals surface area (Å²) in [6.07, 6.45) is 3.57. The van der Waals surface area contributed by atoms with Crippen LogP contribution in [0.2, 0.25) is 0 Å². The Hall–Kier alpha value is -2.64. The highest BCUT2D eigenvalue weighted by molar-refractivity contribution is 7.89. The Morgan fingerprint density at radius 1 is 0.968 bits per heavy atom. The molecule has 3 aromatic rings. The number of aryl methyl sites for hydroxylation is 2. The first kappa shape index (κ1) is 20.3. The van der Waals surface area contributed by atoms with Crippen molar-refractivity contribution in [3.63, 3.8) is 0 Å². The molecule has 0 saturated carbocycles. The number of carbonyl (C=O) groups is 1. The van der Waals surface area contributed by atoms with Gasteiger partial charge < -0.3 is 9.88 Å². The van der Waals surface area contributed by atoms with Crippen LogP contribution in [0.25, 0.3) is 10.9 Å². The Labute approximate surface area is 182 Å². The lowest BCUT2D eigenvalue weighted by Gasteiger charge is -2.26. The molecule has 5 rings (SSSR count). The van der Waals surface area contributed by atoms with Crippen molar-refractivity contribution in [3.05, 3.63) is 58.8 Å². The molecule has 162 valence electrons. The minimum absolute atomic E-state index is 0.0504. The van der Waals surface area contributed by atoms with Crippen LogP contribution in [0, 0.1) is 13.8 Å². The number of piperidine rings is 1. The normalized spacial score (nSPS) is 17.3. The monoisotopic (exact) mass is 437 g/mol. The van der Waals surface area contributed by atoms with E-state index in [4.69, 9.17) is 0 Å². The maximum absolute atomic E-state index is 13.3. The molecular weight excluding hydrogens is 410 g/mol. The number of fused-ring (bicyclic) bond motifs is 2. The fourth-order valence-corrected chi connectivity index (χ4v) is 6.32. The highest BCUT2D eigenvalue weighted by atomic mass is 32.2. The largest absolute Gasteiger partial charge is 0.358 e. The molecule has 2 aromatic carbocycles. The number of H-pyrrole nitrogens is 1. The summed E-state index contributed by atoms with van der Waals surface area (Å²) < 4.78 is 27.6. The molecule has 0 aliphatic carbocycles.